The summed E-state index contributed by atoms with van der Waals surface area (Å²) in [7, 11) is 0. The molecule has 0 N–H and O–H groups in total. The Morgan fingerprint density at radius 2 is 1.50 bits per heavy atom. The van der Waals surface area contributed by atoms with Gasteiger partial charge in [-0.2, -0.15) is 0 Å². The van der Waals surface area contributed by atoms with Crippen LogP contribution in [0, 0.1) is 13.8 Å². The van der Waals surface area contributed by atoms with E-state index >= 15 is 0 Å². The highest BCUT2D eigenvalue weighted by molar-refractivity contribution is 14.1. The van der Waals surface area contributed by atoms with Crippen LogP contribution in [-0.4, -0.2) is 0 Å². The van der Waals surface area contributed by atoms with Crippen LogP contribution in [0.15, 0.2) is 18.2 Å². The summed E-state index contributed by atoms with van der Waals surface area (Å²) in [5.74, 6) is 0.950. The predicted molar refractivity (Wildman–Crippen MR) is 73.3 cm³/mol. The molecule has 1 nitrogen and oxygen atoms in total. The average molecular weight is 308 g/mol. The lowest BCUT2D eigenvalue weighted by atomic mass is 10.1. The summed E-state index contributed by atoms with van der Waals surface area (Å²) in [6.45, 7) is 12.1. The van der Waals surface area contributed by atoms with Crippen molar-refractivity contribution in [2.24, 2.45) is 0 Å². The van der Waals surface area contributed by atoms with Crippen molar-refractivity contribution >= 4 is 23.0 Å². The van der Waals surface area contributed by atoms with Crippen molar-refractivity contribution in [2.45, 2.75) is 41.5 Å². The molecule has 0 bridgehead atoms. The van der Waals surface area contributed by atoms with Crippen LogP contribution in [-0.2, 0) is 0 Å². The maximum atomic E-state index is 5.07. The van der Waals surface area contributed by atoms with Gasteiger partial charge in [0.05, 0.1) is 0 Å². The third-order valence-electron chi connectivity index (χ3n) is 1.41. The van der Waals surface area contributed by atoms with Gasteiger partial charge in [-0.1, -0.05) is 45.4 Å². The zero-order chi connectivity index (χ0) is 11.6. The highest BCUT2D eigenvalue weighted by Crippen LogP contribution is 2.20. The lowest BCUT2D eigenvalue weighted by molar-refractivity contribution is 0.708. The largest absolute Gasteiger partial charge is 0.427 e. The lowest BCUT2D eigenvalue weighted by Crippen LogP contribution is -1.80. The first-order valence-electron chi connectivity index (χ1n) is 5.10. The van der Waals surface area contributed by atoms with Crippen molar-refractivity contribution in [3.8, 4) is 5.75 Å². The van der Waals surface area contributed by atoms with Gasteiger partial charge in [0.2, 0.25) is 0 Å². The van der Waals surface area contributed by atoms with E-state index in [1.165, 1.54) is 11.1 Å². The molecule has 0 unspecified atom stereocenters. The lowest BCUT2D eigenvalue weighted by Gasteiger charge is -2.01. The third-order valence-corrected chi connectivity index (χ3v) is 1.89. The first-order chi connectivity index (χ1) is 6.74. The molecule has 0 saturated carbocycles. The van der Waals surface area contributed by atoms with Crippen molar-refractivity contribution in [3.63, 3.8) is 0 Å². The smallest absolute Gasteiger partial charge is 0.192 e. The van der Waals surface area contributed by atoms with Crippen LogP contribution in [0.3, 0.4) is 0 Å². The zero-order valence-electron chi connectivity index (χ0n) is 10.0. The number of hydrogen-bond acceptors (Lipinski definition) is 1. The van der Waals surface area contributed by atoms with Gasteiger partial charge in [0.1, 0.15) is 5.75 Å². The molecular formula is C12H21IO. The maximum Gasteiger partial charge on any atom is 0.192 e. The van der Waals surface area contributed by atoms with Gasteiger partial charge >= 0.3 is 0 Å². The van der Waals surface area contributed by atoms with Crippen molar-refractivity contribution in [1.82, 2.24) is 0 Å². The van der Waals surface area contributed by atoms with Gasteiger partial charge in [-0.25, -0.2) is 0 Å². The molecule has 0 aliphatic carbocycles. The summed E-state index contributed by atoms with van der Waals surface area (Å²) >= 11 is 1.89. The summed E-state index contributed by atoms with van der Waals surface area (Å²) in [4.78, 5) is 0. The fraction of sp³-hybridized carbons (Fsp3) is 0.500. The fourth-order valence-electron chi connectivity index (χ4n) is 0.886. The van der Waals surface area contributed by atoms with E-state index < -0.39 is 0 Å². The number of aryl methyl sites for hydroxylation is 2. The van der Waals surface area contributed by atoms with Crippen molar-refractivity contribution in [2.75, 3.05) is 0 Å². The summed E-state index contributed by atoms with van der Waals surface area (Å²) in [5.41, 5.74) is 2.46. The summed E-state index contributed by atoms with van der Waals surface area (Å²) in [5, 5.41) is 0. The molecule has 1 rings (SSSR count). The Hall–Kier alpha value is -0.250. The fourth-order valence-corrected chi connectivity index (χ4v) is 1.38. The molecular weight excluding hydrogens is 287 g/mol. The Bertz CT molecular complexity index is 234. The second kappa shape index (κ2) is 10.8. The van der Waals surface area contributed by atoms with Crippen LogP contribution >= 0.6 is 23.0 Å². The van der Waals surface area contributed by atoms with E-state index in [1.807, 2.05) is 69.8 Å². The minimum Gasteiger partial charge on any atom is -0.427 e. The van der Waals surface area contributed by atoms with Crippen molar-refractivity contribution in [3.05, 3.63) is 29.3 Å². The van der Waals surface area contributed by atoms with E-state index in [2.05, 4.69) is 13.0 Å². The van der Waals surface area contributed by atoms with Gasteiger partial charge in [-0.15, -0.1) is 0 Å². The standard InChI is InChI=1S/C8H9IO.2C2H6/c1-6-3-4-8(10-9)7(2)5-6;2*1-2/h3-5H,1-2H3;2*1-2H3. The molecule has 2 heteroatoms. The van der Waals surface area contributed by atoms with Crippen LogP contribution in [0.5, 0.6) is 5.75 Å². The van der Waals surface area contributed by atoms with Crippen LogP contribution in [0.2, 0.25) is 0 Å². The minimum atomic E-state index is 0.950. The number of rotatable bonds is 1. The molecule has 0 fully saturated rings. The molecule has 0 heterocycles. The van der Waals surface area contributed by atoms with Crippen LogP contribution in [0.25, 0.3) is 0 Å². The molecule has 0 amide bonds. The summed E-state index contributed by atoms with van der Waals surface area (Å²) < 4.78 is 5.07. The van der Waals surface area contributed by atoms with Crippen LogP contribution in [0.4, 0.5) is 0 Å². The molecule has 0 aliphatic rings. The Balaban J connectivity index is 0. The van der Waals surface area contributed by atoms with E-state index in [4.69, 9.17) is 3.07 Å². The van der Waals surface area contributed by atoms with Gasteiger partial charge in [-0.3, -0.25) is 0 Å². The van der Waals surface area contributed by atoms with Crippen LogP contribution in [0.1, 0.15) is 38.8 Å². The van der Waals surface area contributed by atoms with E-state index in [1.54, 1.807) is 0 Å². The second-order valence-electron chi connectivity index (χ2n) is 2.35. The molecule has 0 aromatic heterocycles. The molecule has 1 aromatic rings. The zero-order valence-corrected chi connectivity index (χ0v) is 12.2. The van der Waals surface area contributed by atoms with Crippen LogP contribution < -0.4 is 3.07 Å². The van der Waals surface area contributed by atoms with E-state index in [0.29, 0.717) is 0 Å². The van der Waals surface area contributed by atoms with E-state index in [9.17, 15) is 0 Å². The Morgan fingerprint density at radius 3 is 1.86 bits per heavy atom. The van der Waals surface area contributed by atoms with Gasteiger partial charge in [-0.05, 0) is 25.5 Å². The molecule has 0 aliphatic heterocycles. The molecule has 0 radical (unpaired) electrons. The molecule has 0 saturated heterocycles. The van der Waals surface area contributed by atoms with Gasteiger partial charge in [0.15, 0.2) is 23.0 Å². The molecule has 0 spiro atoms. The first kappa shape index (κ1) is 16.2. The maximum absolute atomic E-state index is 5.07. The third kappa shape index (κ3) is 6.24. The van der Waals surface area contributed by atoms with E-state index in [-0.39, 0.29) is 0 Å². The Labute approximate surface area is 103 Å². The van der Waals surface area contributed by atoms with Gasteiger partial charge < -0.3 is 3.07 Å². The topological polar surface area (TPSA) is 9.23 Å². The number of hydrogen-bond donors (Lipinski definition) is 0. The van der Waals surface area contributed by atoms with E-state index in [0.717, 1.165) is 5.75 Å². The second-order valence-corrected chi connectivity index (χ2v) is 2.79. The van der Waals surface area contributed by atoms with Crippen molar-refractivity contribution in [1.29, 1.82) is 0 Å². The predicted octanol–water partition coefficient (Wildman–Crippen LogP) is 5.08. The molecule has 1 aromatic carbocycles. The van der Waals surface area contributed by atoms with Gasteiger partial charge in [0, 0.05) is 0 Å². The Morgan fingerprint density at radius 1 is 1.00 bits per heavy atom. The monoisotopic (exact) mass is 308 g/mol. The highest BCUT2D eigenvalue weighted by atomic mass is 127. The Kier molecular flexibility index (Phi) is 12.5. The number of halogens is 1. The number of benzene rings is 1. The first-order valence-corrected chi connectivity index (χ1v) is 5.98. The normalized spacial score (nSPS) is 7.64. The minimum absolute atomic E-state index is 0.950. The molecule has 14 heavy (non-hydrogen) atoms. The van der Waals surface area contributed by atoms with Crippen molar-refractivity contribution < 1.29 is 3.07 Å². The highest BCUT2D eigenvalue weighted by Gasteiger charge is 1.95. The summed E-state index contributed by atoms with van der Waals surface area (Å²) in [6, 6.07) is 6.13. The molecule has 82 valence electrons. The van der Waals surface area contributed by atoms with Gasteiger partial charge in [0.25, 0.3) is 0 Å². The quantitative estimate of drug-likeness (QED) is 0.657. The molecule has 0 atom stereocenters. The average Bonchev–Trinajstić information content (AvgIpc) is 2.24. The SMILES string of the molecule is CC.CC.Cc1ccc(OI)c(C)c1. The summed E-state index contributed by atoms with van der Waals surface area (Å²) in [6.07, 6.45) is 0.